The monoisotopic (exact) mass is 859 g/mol. The van der Waals surface area contributed by atoms with E-state index in [9.17, 15) is 14.4 Å². The molecule has 6 nitrogen and oxygen atoms in total. The van der Waals surface area contributed by atoms with Crippen molar-refractivity contribution in [2.45, 2.75) is 213 Å². The molecule has 1 unspecified atom stereocenters. The van der Waals surface area contributed by atoms with Crippen LogP contribution >= 0.6 is 0 Å². The van der Waals surface area contributed by atoms with Gasteiger partial charge in [-0.05, 0) is 103 Å². The van der Waals surface area contributed by atoms with Gasteiger partial charge in [0.1, 0.15) is 13.2 Å². The maximum Gasteiger partial charge on any atom is 0.306 e. The molecule has 0 aromatic rings. The molecule has 0 heterocycles. The molecular weight excluding hydrogens is 769 g/mol. The quantitative estimate of drug-likeness (QED) is 0.0200. The van der Waals surface area contributed by atoms with E-state index in [0.717, 1.165) is 77.0 Å². The average Bonchev–Trinajstić information content (AvgIpc) is 3.27. The van der Waals surface area contributed by atoms with E-state index in [2.05, 4.69) is 118 Å². The van der Waals surface area contributed by atoms with Crippen molar-refractivity contribution in [2.24, 2.45) is 0 Å². The summed E-state index contributed by atoms with van der Waals surface area (Å²) in [4.78, 5) is 37.8. The molecule has 1 atom stereocenters. The third-order valence-electron chi connectivity index (χ3n) is 10.0. The minimum Gasteiger partial charge on any atom is -0.462 e. The molecule has 0 fully saturated rings. The van der Waals surface area contributed by atoms with E-state index in [1.165, 1.54) is 70.6 Å². The first-order chi connectivity index (χ1) is 30.5. The standard InChI is InChI=1S/C56H90O6/c1-4-7-10-13-16-19-21-23-25-27-28-29-31-32-34-37-40-43-46-49-55(58)61-52-53(51-60-54(57)48-45-42-39-36-18-15-12-9-6-3)62-56(59)50-47-44-41-38-35-33-30-26-24-22-20-17-14-11-8-5-2/h7,10,16,19,23,25-26,28-30,32-36,39-40,43,53H,4-6,8-9,11-15,17-18,20-22,24,27,31,37-38,41-42,44-52H2,1-3H3/b10-7-,19-16-,25-23-,29-28-,30-26-,34-32-,35-33-,39-36-,43-40-. The second-order valence-corrected chi connectivity index (χ2v) is 16.0. The van der Waals surface area contributed by atoms with Crippen LogP contribution in [-0.2, 0) is 28.6 Å². The molecule has 0 radical (unpaired) electrons. The Kier molecular flexibility index (Phi) is 46.6. The van der Waals surface area contributed by atoms with Crippen LogP contribution in [-0.4, -0.2) is 37.2 Å². The van der Waals surface area contributed by atoms with Gasteiger partial charge >= 0.3 is 17.9 Å². The lowest BCUT2D eigenvalue weighted by Crippen LogP contribution is -2.30. The summed E-state index contributed by atoms with van der Waals surface area (Å²) in [7, 11) is 0. The van der Waals surface area contributed by atoms with Crippen LogP contribution in [0.25, 0.3) is 0 Å². The van der Waals surface area contributed by atoms with Gasteiger partial charge in [0.2, 0.25) is 0 Å². The molecule has 0 bridgehead atoms. The summed E-state index contributed by atoms with van der Waals surface area (Å²) in [6.07, 6.45) is 66.7. The maximum atomic E-state index is 12.7. The summed E-state index contributed by atoms with van der Waals surface area (Å²) in [5.74, 6) is -1.08. The number of hydrogen-bond donors (Lipinski definition) is 0. The summed E-state index contributed by atoms with van der Waals surface area (Å²) in [5.41, 5.74) is 0. The third-order valence-corrected chi connectivity index (χ3v) is 10.0. The fourth-order valence-electron chi connectivity index (χ4n) is 6.28. The van der Waals surface area contributed by atoms with Gasteiger partial charge in [-0.1, -0.05) is 194 Å². The second-order valence-electron chi connectivity index (χ2n) is 16.0. The van der Waals surface area contributed by atoms with E-state index in [1.807, 2.05) is 12.2 Å². The number of ether oxygens (including phenoxy) is 3. The molecule has 0 rings (SSSR count). The predicted octanol–water partition coefficient (Wildman–Crippen LogP) is 16.4. The van der Waals surface area contributed by atoms with E-state index >= 15 is 0 Å². The van der Waals surface area contributed by atoms with Gasteiger partial charge in [0.25, 0.3) is 0 Å². The Labute approximate surface area is 380 Å². The number of carbonyl (C=O) groups is 3. The van der Waals surface area contributed by atoms with Crippen LogP contribution in [0.1, 0.15) is 207 Å². The van der Waals surface area contributed by atoms with E-state index in [1.54, 1.807) is 0 Å². The van der Waals surface area contributed by atoms with Gasteiger partial charge in [-0.25, -0.2) is 0 Å². The zero-order valence-electron chi connectivity index (χ0n) is 39.8. The first kappa shape index (κ1) is 58.1. The molecule has 0 aromatic carbocycles. The van der Waals surface area contributed by atoms with E-state index in [-0.39, 0.29) is 50.4 Å². The highest BCUT2D eigenvalue weighted by Crippen LogP contribution is 2.11. The lowest BCUT2D eigenvalue weighted by Gasteiger charge is -2.18. The molecule has 0 aromatic heterocycles. The maximum absolute atomic E-state index is 12.7. The Balaban J connectivity index is 4.54. The molecule has 0 aliphatic rings. The zero-order chi connectivity index (χ0) is 45.1. The van der Waals surface area contributed by atoms with E-state index < -0.39 is 6.10 Å². The summed E-state index contributed by atoms with van der Waals surface area (Å²) in [5, 5.41) is 0. The number of unbranched alkanes of at least 4 members (excludes halogenated alkanes) is 15. The highest BCUT2D eigenvalue weighted by molar-refractivity contribution is 5.71. The van der Waals surface area contributed by atoms with Crippen molar-refractivity contribution in [3.05, 3.63) is 109 Å². The van der Waals surface area contributed by atoms with E-state index in [0.29, 0.717) is 19.3 Å². The molecular formula is C56H90O6. The minimum absolute atomic E-state index is 0.129. The molecule has 0 amide bonds. The summed E-state index contributed by atoms with van der Waals surface area (Å²) < 4.78 is 16.6. The molecule has 0 spiro atoms. The SMILES string of the molecule is CC/C=C\C/C=C\C/C=C\C/C=C\C/C=C\C/C=C\CCC(=O)OCC(COC(=O)CCC/C=C\CCCCCC)OC(=O)CCCCC/C=C\C=C/CCCCCCCCC. The largest absolute Gasteiger partial charge is 0.462 e. The van der Waals surface area contributed by atoms with Crippen molar-refractivity contribution in [3.8, 4) is 0 Å². The zero-order valence-corrected chi connectivity index (χ0v) is 39.8. The van der Waals surface area contributed by atoms with Crippen LogP contribution < -0.4 is 0 Å². The van der Waals surface area contributed by atoms with Crippen LogP contribution in [0.4, 0.5) is 0 Å². The van der Waals surface area contributed by atoms with Crippen molar-refractivity contribution in [2.75, 3.05) is 13.2 Å². The Hall–Kier alpha value is -3.93. The molecule has 6 heteroatoms. The molecule has 350 valence electrons. The van der Waals surface area contributed by atoms with Gasteiger partial charge in [-0.2, -0.15) is 0 Å². The lowest BCUT2D eigenvalue weighted by atomic mass is 10.1. The normalized spacial score (nSPS) is 13.0. The highest BCUT2D eigenvalue weighted by atomic mass is 16.6. The molecule has 0 saturated carbocycles. The first-order valence-electron chi connectivity index (χ1n) is 24.9. The van der Waals surface area contributed by atoms with Gasteiger partial charge in [-0.15, -0.1) is 0 Å². The Morgan fingerprint density at radius 1 is 0.355 bits per heavy atom. The van der Waals surface area contributed by atoms with Crippen LogP contribution in [0.5, 0.6) is 0 Å². The van der Waals surface area contributed by atoms with Crippen LogP contribution in [0.15, 0.2) is 109 Å². The number of carbonyl (C=O) groups excluding carboxylic acids is 3. The molecule has 62 heavy (non-hydrogen) atoms. The van der Waals surface area contributed by atoms with Gasteiger partial charge in [0.05, 0.1) is 0 Å². The summed E-state index contributed by atoms with van der Waals surface area (Å²) >= 11 is 0. The van der Waals surface area contributed by atoms with E-state index in [4.69, 9.17) is 14.2 Å². The summed E-state index contributed by atoms with van der Waals surface area (Å²) in [6.45, 7) is 6.35. The van der Waals surface area contributed by atoms with Crippen molar-refractivity contribution in [1.82, 2.24) is 0 Å². The van der Waals surface area contributed by atoms with Gasteiger partial charge in [-0.3, -0.25) is 14.4 Å². The summed E-state index contributed by atoms with van der Waals surface area (Å²) in [6, 6.07) is 0. The molecule has 0 aliphatic heterocycles. The van der Waals surface area contributed by atoms with Crippen LogP contribution in [0.2, 0.25) is 0 Å². The topological polar surface area (TPSA) is 78.9 Å². The van der Waals surface area contributed by atoms with Gasteiger partial charge < -0.3 is 14.2 Å². The number of hydrogen-bond acceptors (Lipinski definition) is 6. The second kappa shape index (κ2) is 49.7. The van der Waals surface area contributed by atoms with Gasteiger partial charge in [0.15, 0.2) is 6.10 Å². The van der Waals surface area contributed by atoms with Crippen LogP contribution in [0.3, 0.4) is 0 Å². The van der Waals surface area contributed by atoms with Crippen molar-refractivity contribution in [3.63, 3.8) is 0 Å². The fourth-order valence-corrected chi connectivity index (χ4v) is 6.28. The number of esters is 3. The van der Waals surface area contributed by atoms with Crippen molar-refractivity contribution in [1.29, 1.82) is 0 Å². The Bertz CT molecular complexity index is 1310. The van der Waals surface area contributed by atoms with Crippen molar-refractivity contribution >= 4 is 17.9 Å². The van der Waals surface area contributed by atoms with Gasteiger partial charge in [0, 0.05) is 19.3 Å². The number of allylic oxidation sites excluding steroid dienone is 18. The number of rotatable bonds is 43. The first-order valence-corrected chi connectivity index (χ1v) is 24.9. The Morgan fingerprint density at radius 3 is 1.24 bits per heavy atom. The highest BCUT2D eigenvalue weighted by Gasteiger charge is 2.19. The minimum atomic E-state index is -0.833. The average molecular weight is 859 g/mol. The van der Waals surface area contributed by atoms with Crippen molar-refractivity contribution < 1.29 is 28.6 Å². The lowest BCUT2D eigenvalue weighted by molar-refractivity contribution is -0.166. The molecule has 0 saturated heterocycles. The Morgan fingerprint density at radius 2 is 0.726 bits per heavy atom. The van der Waals surface area contributed by atoms with Crippen LogP contribution in [0, 0.1) is 0 Å². The molecule has 0 N–H and O–H groups in total. The fraction of sp³-hybridized carbons (Fsp3) is 0.625. The predicted molar refractivity (Wildman–Crippen MR) is 265 cm³/mol. The third kappa shape index (κ3) is 47.1. The smallest absolute Gasteiger partial charge is 0.306 e. The molecule has 0 aliphatic carbocycles.